The summed E-state index contributed by atoms with van der Waals surface area (Å²) >= 11 is 0. The second-order valence-corrected chi connectivity index (χ2v) is 4.23. The summed E-state index contributed by atoms with van der Waals surface area (Å²) in [7, 11) is 0. The average Bonchev–Trinajstić information content (AvgIpc) is 2.33. The molecule has 0 aliphatic heterocycles. The minimum absolute atomic E-state index is 0.165. The number of nitrogens with zero attached hydrogens (tertiary/aromatic N) is 2. The highest BCUT2D eigenvalue weighted by atomic mass is 16.4. The summed E-state index contributed by atoms with van der Waals surface area (Å²) in [5.74, 6) is -0.983. The first kappa shape index (κ1) is 14.2. The predicted octanol–water partition coefficient (Wildman–Crippen LogP) is 1.18. The summed E-state index contributed by atoms with van der Waals surface area (Å²) in [6, 6.07) is 0. The summed E-state index contributed by atoms with van der Waals surface area (Å²) in [4.78, 5) is 26.5. The third-order valence-corrected chi connectivity index (χ3v) is 2.67. The zero-order valence-electron chi connectivity index (χ0n) is 10.7. The normalized spacial score (nSPS) is 12.1. The molecule has 0 fully saturated rings. The van der Waals surface area contributed by atoms with Crippen molar-refractivity contribution >= 4 is 11.8 Å². The van der Waals surface area contributed by atoms with E-state index in [-0.39, 0.29) is 11.4 Å². The lowest BCUT2D eigenvalue weighted by molar-refractivity contribution is -0.141. The lowest BCUT2D eigenvalue weighted by Crippen LogP contribution is -2.25. The van der Waals surface area contributed by atoms with Gasteiger partial charge in [0.2, 0.25) is 0 Å². The minimum atomic E-state index is -0.832. The van der Waals surface area contributed by atoms with E-state index >= 15 is 0 Å². The molecular formula is C12H19N3O3. The van der Waals surface area contributed by atoms with Crippen molar-refractivity contribution in [2.45, 2.75) is 33.2 Å². The van der Waals surface area contributed by atoms with Gasteiger partial charge < -0.3 is 15.0 Å². The van der Waals surface area contributed by atoms with Crippen LogP contribution in [0.1, 0.15) is 26.7 Å². The first-order valence-electron chi connectivity index (χ1n) is 6.08. The zero-order valence-corrected chi connectivity index (χ0v) is 10.7. The van der Waals surface area contributed by atoms with Crippen molar-refractivity contribution in [3.05, 3.63) is 22.7 Å². The van der Waals surface area contributed by atoms with Crippen molar-refractivity contribution < 1.29 is 9.90 Å². The first-order chi connectivity index (χ1) is 8.56. The lowest BCUT2D eigenvalue weighted by Gasteiger charge is -2.09. The van der Waals surface area contributed by atoms with Crippen molar-refractivity contribution in [2.75, 3.05) is 11.9 Å². The van der Waals surface area contributed by atoms with E-state index in [1.165, 1.54) is 0 Å². The van der Waals surface area contributed by atoms with E-state index in [0.717, 1.165) is 6.42 Å². The molecule has 1 aromatic heterocycles. The Kier molecular flexibility index (Phi) is 5.35. The van der Waals surface area contributed by atoms with Gasteiger partial charge in [-0.2, -0.15) is 0 Å². The largest absolute Gasteiger partial charge is 0.481 e. The molecule has 0 aromatic carbocycles. The van der Waals surface area contributed by atoms with Gasteiger partial charge in [0, 0.05) is 25.5 Å². The average molecular weight is 253 g/mol. The molecule has 1 heterocycles. The SMILES string of the molecule is CCCn1ccnc(NCCC(C)C(=O)O)c1=O. The Morgan fingerprint density at radius 2 is 2.33 bits per heavy atom. The fourth-order valence-electron chi connectivity index (χ4n) is 1.52. The number of carbonyl (C=O) groups is 1. The Balaban J connectivity index is 2.60. The van der Waals surface area contributed by atoms with E-state index in [0.29, 0.717) is 19.5 Å². The quantitative estimate of drug-likeness (QED) is 0.762. The third-order valence-electron chi connectivity index (χ3n) is 2.67. The minimum Gasteiger partial charge on any atom is -0.481 e. The molecule has 0 saturated carbocycles. The maximum absolute atomic E-state index is 11.9. The summed E-state index contributed by atoms with van der Waals surface area (Å²) in [6.07, 6.45) is 4.55. The fraction of sp³-hybridized carbons (Fsp3) is 0.583. The second kappa shape index (κ2) is 6.78. The van der Waals surface area contributed by atoms with Gasteiger partial charge in [0.05, 0.1) is 5.92 Å². The Labute approximate surface area is 106 Å². The van der Waals surface area contributed by atoms with E-state index in [4.69, 9.17) is 5.11 Å². The lowest BCUT2D eigenvalue weighted by atomic mass is 10.1. The van der Waals surface area contributed by atoms with Gasteiger partial charge >= 0.3 is 5.97 Å². The number of aliphatic carboxylic acids is 1. The summed E-state index contributed by atoms with van der Waals surface area (Å²) in [6.45, 7) is 4.71. The molecule has 0 bridgehead atoms. The highest BCUT2D eigenvalue weighted by molar-refractivity contribution is 5.69. The van der Waals surface area contributed by atoms with Crippen molar-refractivity contribution in [1.29, 1.82) is 0 Å². The van der Waals surface area contributed by atoms with E-state index < -0.39 is 11.9 Å². The predicted molar refractivity (Wildman–Crippen MR) is 68.7 cm³/mol. The fourth-order valence-corrected chi connectivity index (χ4v) is 1.52. The van der Waals surface area contributed by atoms with E-state index in [2.05, 4.69) is 10.3 Å². The summed E-state index contributed by atoms with van der Waals surface area (Å²) < 4.78 is 1.59. The van der Waals surface area contributed by atoms with E-state index in [9.17, 15) is 9.59 Å². The van der Waals surface area contributed by atoms with Crippen LogP contribution in [0.25, 0.3) is 0 Å². The molecular weight excluding hydrogens is 234 g/mol. The maximum Gasteiger partial charge on any atom is 0.306 e. The molecule has 2 N–H and O–H groups in total. The summed E-state index contributed by atoms with van der Waals surface area (Å²) in [5.41, 5.74) is -0.165. The Morgan fingerprint density at radius 3 is 2.94 bits per heavy atom. The number of rotatable bonds is 7. The molecule has 0 spiro atoms. The highest BCUT2D eigenvalue weighted by Crippen LogP contribution is 2.02. The Bertz CT molecular complexity index is 456. The van der Waals surface area contributed by atoms with Crippen LogP contribution in [-0.4, -0.2) is 27.2 Å². The van der Waals surface area contributed by atoms with Crippen LogP contribution >= 0.6 is 0 Å². The topological polar surface area (TPSA) is 84.2 Å². The van der Waals surface area contributed by atoms with E-state index in [1.54, 1.807) is 23.9 Å². The highest BCUT2D eigenvalue weighted by Gasteiger charge is 2.10. The van der Waals surface area contributed by atoms with Gasteiger partial charge in [-0.25, -0.2) is 4.98 Å². The molecule has 1 atom stereocenters. The molecule has 100 valence electrons. The number of aryl methyl sites for hydroxylation is 1. The number of nitrogens with one attached hydrogen (secondary N) is 1. The molecule has 1 unspecified atom stereocenters. The molecule has 18 heavy (non-hydrogen) atoms. The van der Waals surface area contributed by atoms with Gasteiger partial charge in [-0.3, -0.25) is 9.59 Å². The summed E-state index contributed by atoms with van der Waals surface area (Å²) in [5, 5.41) is 11.6. The molecule has 1 rings (SSSR count). The molecule has 0 aliphatic rings. The van der Waals surface area contributed by atoms with Crippen LogP contribution in [0.3, 0.4) is 0 Å². The number of hydrogen-bond donors (Lipinski definition) is 2. The standard InChI is InChI=1S/C12H19N3O3/c1-3-7-15-8-6-14-10(11(15)16)13-5-4-9(2)12(17)18/h6,8-9H,3-5,7H2,1-2H3,(H,13,14)(H,17,18). The van der Waals surface area contributed by atoms with Gasteiger partial charge in [-0.15, -0.1) is 0 Å². The smallest absolute Gasteiger partial charge is 0.306 e. The maximum atomic E-state index is 11.9. The monoisotopic (exact) mass is 253 g/mol. The number of hydrogen-bond acceptors (Lipinski definition) is 4. The second-order valence-electron chi connectivity index (χ2n) is 4.23. The van der Waals surface area contributed by atoms with Crippen LogP contribution < -0.4 is 10.9 Å². The number of aromatic nitrogens is 2. The Morgan fingerprint density at radius 1 is 1.61 bits per heavy atom. The van der Waals surface area contributed by atoms with Crippen LogP contribution in [0.2, 0.25) is 0 Å². The van der Waals surface area contributed by atoms with Crippen molar-refractivity contribution in [1.82, 2.24) is 9.55 Å². The van der Waals surface area contributed by atoms with Crippen molar-refractivity contribution in [3.63, 3.8) is 0 Å². The van der Waals surface area contributed by atoms with Crippen molar-refractivity contribution in [2.24, 2.45) is 5.92 Å². The number of anilines is 1. The molecule has 6 heteroatoms. The molecule has 6 nitrogen and oxygen atoms in total. The van der Waals surface area contributed by atoms with E-state index in [1.807, 2.05) is 6.92 Å². The van der Waals surface area contributed by atoms with Crippen molar-refractivity contribution in [3.8, 4) is 0 Å². The van der Waals surface area contributed by atoms with Gasteiger partial charge in [-0.05, 0) is 12.8 Å². The zero-order chi connectivity index (χ0) is 13.5. The molecule has 0 saturated heterocycles. The van der Waals surface area contributed by atoms with Gasteiger partial charge in [0.1, 0.15) is 0 Å². The molecule has 0 amide bonds. The molecule has 0 aliphatic carbocycles. The number of carboxylic acids is 1. The first-order valence-corrected chi connectivity index (χ1v) is 6.08. The van der Waals surface area contributed by atoms with Crippen LogP contribution in [0.15, 0.2) is 17.2 Å². The van der Waals surface area contributed by atoms with Crippen LogP contribution in [0.5, 0.6) is 0 Å². The van der Waals surface area contributed by atoms with Gasteiger partial charge in [-0.1, -0.05) is 13.8 Å². The van der Waals surface area contributed by atoms with Gasteiger partial charge in [0.15, 0.2) is 5.82 Å². The van der Waals surface area contributed by atoms with Gasteiger partial charge in [0.25, 0.3) is 5.56 Å². The third kappa shape index (κ3) is 3.87. The van der Waals surface area contributed by atoms with Crippen LogP contribution in [-0.2, 0) is 11.3 Å². The van der Waals surface area contributed by atoms with Crippen LogP contribution in [0, 0.1) is 5.92 Å². The number of carboxylic acid groups (broad SMARTS) is 1. The molecule has 0 radical (unpaired) electrons. The van der Waals surface area contributed by atoms with Crippen LogP contribution in [0.4, 0.5) is 5.82 Å². The Hall–Kier alpha value is -1.85. The molecule has 1 aromatic rings.